The molecule has 1 saturated heterocycles. The zero-order valence-corrected chi connectivity index (χ0v) is 23.7. The van der Waals surface area contributed by atoms with Crippen molar-refractivity contribution in [2.24, 2.45) is 5.92 Å². The Morgan fingerprint density at radius 3 is 2.45 bits per heavy atom. The van der Waals surface area contributed by atoms with Gasteiger partial charge in [0.25, 0.3) is 0 Å². The number of nitrogens with zero attached hydrogens (tertiary/aromatic N) is 1. The number of nitrogens with one attached hydrogen (secondary N) is 2. The first-order valence-electron chi connectivity index (χ1n) is 13.3. The molecule has 0 aromatic heterocycles. The molecule has 2 aliphatic rings. The van der Waals surface area contributed by atoms with Gasteiger partial charge >= 0.3 is 5.97 Å². The van der Waals surface area contributed by atoms with Crippen LogP contribution in [0.4, 0.5) is 8.78 Å². The molecular weight excluding hydrogens is 588 g/mol. The molecule has 214 valence electrons. The minimum atomic E-state index is -1.02. The molecule has 0 bridgehead atoms. The fourth-order valence-corrected chi connectivity index (χ4v) is 5.19. The molecule has 2 N–H and O–H groups in total. The van der Waals surface area contributed by atoms with Crippen molar-refractivity contribution in [1.29, 1.82) is 0 Å². The van der Waals surface area contributed by atoms with Crippen LogP contribution in [0.5, 0.6) is 0 Å². The van der Waals surface area contributed by atoms with E-state index in [-0.39, 0.29) is 37.3 Å². The van der Waals surface area contributed by atoms with Gasteiger partial charge in [-0.2, -0.15) is 0 Å². The second-order valence-corrected chi connectivity index (χ2v) is 11.3. The fraction of sp³-hybridized carbons (Fsp3) is 0.448. The highest BCUT2D eigenvalue weighted by Gasteiger charge is 2.36. The zero-order valence-electron chi connectivity index (χ0n) is 22.1. The van der Waals surface area contributed by atoms with Gasteiger partial charge in [-0.3, -0.25) is 14.4 Å². The van der Waals surface area contributed by atoms with Crippen LogP contribution in [0.25, 0.3) is 0 Å². The number of carbonyl (C=O) groups is 4. The summed E-state index contributed by atoms with van der Waals surface area (Å²) in [6.45, 7) is -0.150. The number of hydrogen-bond donors (Lipinski definition) is 2. The largest absolute Gasteiger partial charge is 0.467 e. The lowest BCUT2D eigenvalue weighted by Crippen LogP contribution is -2.53. The first-order valence-corrected chi connectivity index (χ1v) is 14.1. The van der Waals surface area contributed by atoms with E-state index in [1.165, 1.54) is 24.1 Å². The minimum absolute atomic E-state index is 0.0336. The molecule has 8 nitrogen and oxygen atoms in total. The lowest BCUT2D eigenvalue weighted by Gasteiger charge is -2.26. The molecular formula is C29H32BrF2N3O5. The summed E-state index contributed by atoms with van der Waals surface area (Å²) in [7, 11) is 1.25. The number of esters is 1. The summed E-state index contributed by atoms with van der Waals surface area (Å²) in [6.07, 6.45) is 3.03. The summed E-state index contributed by atoms with van der Waals surface area (Å²) in [4.78, 5) is 52.7. The van der Waals surface area contributed by atoms with Crippen molar-refractivity contribution in [2.45, 2.75) is 69.6 Å². The normalized spacial score (nSPS) is 18.2. The Labute approximate surface area is 239 Å². The molecule has 40 heavy (non-hydrogen) atoms. The first-order chi connectivity index (χ1) is 19.1. The van der Waals surface area contributed by atoms with Crippen LogP contribution >= 0.6 is 15.9 Å². The Kier molecular flexibility index (Phi) is 9.89. The van der Waals surface area contributed by atoms with Gasteiger partial charge in [-0.1, -0.05) is 53.0 Å². The molecule has 0 radical (unpaired) electrons. The van der Waals surface area contributed by atoms with E-state index in [1.807, 2.05) is 24.3 Å². The molecule has 1 aliphatic carbocycles. The monoisotopic (exact) mass is 619 g/mol. The Morgan fingerprint density at radius 2 is 1.77 bits per heavy atom. The second-order valence-electron chi connectivity index (χ2n) is 10.3. The van der Waals surface area contributed by atoms with Crippen molar-refractivity contribution in [3.63, 3.8) is 0 Å². The van der Waals surface area contributed by atoms with Gasteiger partial charge in [0.05, 0.1) is 7.11 Å². The Morgan fingerprint density at radius 1 is 1.05 bits per heavy atom. The van der Waals surface area contributed by atoms with E-state index in [0.29, 0.717) is 18.8 Å². The number of halogens is 3. The number of methoxy groups -OCH3 is 1. The molecule has 1 saturated carbocycles. The number of likely N-dealkylation sites (tertiary alicyclic amines) is 1. The van der Waals surface area contributed by atoms with E-state index in [0.717, 1.165) is 28.9 Å². The number of carbonyl (C=O) groups excluding carboxylic acids is 4. The van der Waals surface area contributed by atoms with Gasteiger partial charge in [0.1, 0.15) is 12.1 Å². The predicted octanol–water partition coefficient (Wildman–Crippen LogP) is 3.79. The van der Waals surface area contributed by atoms with E-state index in [1.54, 1.807) is 0 Å². The summed E-state index contributed by atoms with van der Waals surface area (Å²) in [5, 5.41) is 5.53. The summed E-state index contributed by atoms with van der Waals surface area (Å²) in [6, 6.07) is 8.79. The third-order valence-electron chi connectivity index (χ3n) is 7.32. The highest BCUT2D eigenvalue weighted by Crippen LogP contribution is 2.34. The van der Waals surface area contributed by atoms with Gasteiger partial charge in [-0.05, 0) is 42.5 Å². The highest BCUT2D eigenvalue weighted by atomic mass is 79.9. The smallest absolute Gasteiger partial charge is 0.328 e. The van der Waals surface area contributed by atoms with E-state index in [4.69, 9.17) is 4.74 Å². The summed E-state index contributed by atoms with van der Waals surface area (Å²) < 4.78 is 33.7. The quantitative estimate of drug-likeness (QED) is 0.352. The van der Waals surface area contributed by atoms with Crippen LogP contribution in [0.3, 0.4) is 0 Å². The summed E-state index contributed by atoms with van der Waals surface area (Å²) in [5.74, 6) is -3.51. The molecule has 1 heterocycles. The SMILES string of the molecule is COC(=O)[C@H](Cc1ccc(Br)cc1)NC(=O)[C@H](CC1CC1)NC(=O)C[C@@H]1CCC(=O)N1Cc1cccc(F)c1F. The number of amides is 3. The first kappa shape index (κ1) is 29.6. The van der Waals surface area contributed by atoms with Crippen molar-refractivity contribution < 1.29 is 32.7 Å². The van der Waals surface area contributed by atoms with Gasteiger partial charge < -0.3 is 20.3 Å². The Hall–Kier alpha value is -3.34. The van der Waals surface area contributed by atoms with Gasteiger partial charge in [-0.15, -0.1) is 0 Å². The van der Waals surface area contributed by atoms with Crippen LogP contribution < -0.4 is 10.6 Å². The average molecular weight is 620 g/mol. The topological polar surface area (TPSA) is 105 Å². The molecule has 0 spiro atoms. The highest BCUT2D eigenvalue weighted by molar-refractivity contribution is 9.10. The Balaban J connectivity index is 1.40. The summed E-state index contributed by atoms with van der Waals surface area (Å²) in [5.41, 5.74) is 0.855. The molecule has 4 rings (SSSR count). The molecule has 2 fully saturated rings. The molecule has 2 aromatic carbocycles. The van der Waals surface area contributed by atoms with Crippen LogP contribution in [0, 0.1) is 17.6 Å². The lowest BCUT2D eigenvalue weighted by molar-refractivity contribution is -0.145. The van der Waals surface area contributed by atoms with E-state index >= 15 is 0 Å². The minimum Gasteiger partial charge on any atom is -0.467 e. The third-order valence-corrected chi connectivity index (χ3v) is 7.85. The molecule has 0 unspecified atom stereocenters. The predicted molar refractivity (Wildman–Crippen MR) is 146 cm³/mol. The lowest BCUT2D eigenvalue weighted by atomic mass is 10.0. The van der Waals surface area contributed by atoms with Gasteiger partial charge in [0, 0.05) is 41.9 Å². The molecule has 11 heteroatoms. The molecule has 3 atom stereocenters. The maximum absolute atomic E-state index is 14.2. The summed E-state index contributed by atoms with van der Waals surface area (Å²) >= 11 is 3.37. The van der Waals surface area contributed by atoms with Crippen molar-refractivity contribution in [3.8, 4) is 0 Å². The van der Waals surface area contributed by atoms with E-state index in [9.17, 15) is 28.0 Å². The van der Waals surface area contributed by atoms with E-state index in [2.05, 4.69) is 26.6 Å². The molecule has 2 aromatic rings. The van der Waals surface area contributed by atoms with Crippen molar-refractivity contribution in [3.05, 3.63) is 69.7 Å². The van der Waals surface area contributed by atoms with Gasteiger partial charge in [-0.25, -0.2) is 13.6 Å². The van der Waals surface area contributed by atoms with Crippen LogP contribution in [-0.2, 0) is 36.9 Å². The van der Waals surface area contributed by atoms with Crippen LogP contribution in [0.2, 0.25) is 0 Å². The maximum atomic E-state index is 14.2. The number of rotatable bonds is 12. The third kappa shape index (κ3) is 7.87. The van der Waals surface area contributed by atoms with Crippen LogP contribution in [0.15, 0.2) is 46.9 Å². The standard InChI is InChI=1S/C29H32BrF2N3O5/c1-40-29(39)24(14-18-7-9-20(30)10-8-18)34-28(38)23(13-17-5-6-17)33-25(36)15-21-11-12-26(37)35(21)16-19-3-2-4-22(31)27(19)32/h2-4,7-10,17,21,23-24H,5-6,11-16H2,1H3,(H,33,36)(H,34,38)/t21-,23-,24-/m0/s1. The van der Waals surface area contributed by atoms with E-state index < -0.39 is 47.5 Å². The molecule has 1 aliphatic heterocycles. The number of benzene rings is 2. The van der Waals surface area contributed by atoms with Crippen molar-refractivity contribution in [2.75, 3.05) is 7.11 Å². The van der Waals surface area contributed by atoms with Gasteiger partial charge in [0.2, 0.25) is 17.7 Å². The number of hydrogen-bond acceptors (Lipinski definition) is 5. The van der Waals surface area contributed by atoms with Crippen molar-refractivity contribution in [1.82, 2.24) is 15.5 Å². The second kappa shape index (κ2) is 13.3. The molecule has 3 amide bonds. The fourth-order valence-electron chi connectivity index (χ4n) is 4.93. The Bertz CT molecular complexity index is 1250. The average Bonchev–Trinajstić information content (AvgIpc) is 3.69. The van der Waals surface area contributed by atoms with Crippen LogP contribution in [0.1, 0.15) is 49.7 Å². The van der Waals surface area contributed by atoms with Crippen molar-refractivity contribution >= 4 is 39.6 Å². The number of ether oxygens (including phenoxy) is 1. The van der Waals surface area contributed by atoms with Crippen LogP contribution in [-0.4, -0.2) is 53.8 Å². The maximum Gasteiger partial charge on any atom is 0.328 e. The van der Waals surface area contributed by atoms with Gasteiger partial charge in [0.15, 0.2) is 11.6 Å². The zero-order chi connectivity index (χ0) is 28.8.